The molecule has 2 heterocycles. The summed E-state index contributed by atoms with van der Waals surface area (Å²) >= 11 is 6.10. The first-order valence-electron chi connectivity index (χ1n) is 10.2. The first-order valence-corrected chi connectivity index (χ1v) is 10.6. The highest BCUT2D eigenvalue weighted by Crippen LogP contribution is 2.43. The molecule has 166 valence electrons. The summed E-state index contributed by atoms with van der Waals surface area (Å²) in [6.45, 7) is 2.08. The van der Waals surface area contributed by atoms with Crippen LogP contribution in [0.15, 0.2) is 69.9 Å². The van der Waals surface area contributed by atoms with Crippen molar-refractivity contribution in [2.45, 2.75) is 13.0 Å². The number of phenolic OH excluding ortho intramolecular Hbond substituents is 1. The van der Waals surface area contributed by atoms with E-state index < -0.39 is 23.2 Å². The van der Waals surface area contributed by atoms with Crippen LogP contribution in [0.5, 0.6) is 11.5 Å². The first kappa shape index (κ1) is 21.0. The monoisotopic (exact) mass is 465 g/mol. The van der Waals surface area contributed by atoms with Gasteiger partial charge in [-0.1, -0.05) is 17.7 Å². The van der Waals surface area contributed by atoms with Crippen LogP contribution in [-0.4, -0.2) is 17.6 Å². The van der Waals surface area contributed by atoms with Crippen molar-refractivity contribution in [2.24, 2.45) is 0 Å². The lowest BCUT2D eigenvalue weighted by Gasteiger charge is -2.25. The molecule has 1 aliphatic rings. The van der Waals surface area contributed by atoms with Gasteiger partial charge in [-0.2, -0.15) is 0 Å². The average Bonchev–Trinajstić information content (AvgIpc) is 3.09. The van der Waals surface area contributed by atoms with Gasteiger partial charge in [0, 0.05) is 10.7 Å². The van der Waals surface area contributed by atoms with Gasteiger partial charge in [0.05, 0.1) is 23.6 Å². The Hall–Kier alpha value is -3.84. The van der Waals surface area contributed by atoms with Gasteiger partial charge in [-0.3, -0.25) is 14.5 Å². The number of ether oxygens (including phenoxy) is 1. The maximum Gasteiger partial charge on any atom is 0.295 e. The molecule has 0 bridgehead atoms. The van der Waals surface area contributed by atoms with Crippen LogP contribution >= 0.6 is 11.6 Å². The van der Waals surface area contributed by atoms with Crippen LogP contribution in [0.1, 0.15) is 34.6 Å². The Morgan fingerprint density at radius 1 is 1.09 bits per heavy atom. The molecule has 8 heteroatoms. The summed E-state index contributed by atoms with van der Waals surface area (Å²) in [4.78, 5) is 28.4. The van der Waals surface area contributed by atoms with Gasteiger partial charge in [-0.05, 0) is 67.1 Å². The van der Waals surface area contributed by atoms with Crippen LogP contribution < -0.4 is 15.1 Å². The zero-order valence-electron chi connectivity index (χ0n) is 17.3. The summed E-state index contributed by atoms with van der Waals surface area (Å²) in [7, 11) is 0. The number of hydrogen-bond acceptors (Lipinski definition) is 5. The maximum atomic E-state index is 13.6. The third-order valence-corrected chi connectivity index (χ3v) is 5.77. The number of rotatable bonds is 4. The van der Waals surface area contributed by atoms with Crippen molar-refractivity contribution < 1.29 is 23.4 Å². The summed E-state index contributed by atoms with van der Waals surface area (Å²) < 4.78 is 25.0. The predicted octanol–water partition coefficient (Wildman–Crippen LogP) is 5.44. The van der Waals surface area contributed by atoms with E-state index >= 15 is 0 Å². The second-order valence-corrected chi connectivity index (χ2v) is 7.97. The third-order valence-electron chi connectivity index (χ3n) is 5.54. The van der Waals surface area contributed by atoms with Crippen molar-refractivity contribution in [1.29, 1.82) is 0 Å². The summed E-state index contributed by atoms with van der Waals surface area (Å²) in [6, 6.07) is 13.7. The summed E-state index contributed by atoms with van der Waals surface area (Å²) in [6.07, 6.45) is 0. The van der Waals surface area contributed by atoms with E-state index in [0.717, 1.165) is 0 Å². The highest BCUT2D eigenvalue weighted by Gasteiger charge is 2.44. The molecular weight excluding hydrogens is 449 g/mol. The number of amides is 1. The number of fused-ring (bicyclic) bond motifs is 2. The Balaban J connectivity index is 1.80. The first-order chi connectivity index (χ1) is 15.9. The average molecular weight is 466 g/mol. The molecule has 1 N–H and O–H groups in total. The number of phenols is 1. The quantitative estimate of drug-likeness (QED) is 0.434. The largest absolute Gasteiger partial charge is 0.504 e. The van der Waals surface area contributed by atoms with Gasteiger partial charge in [0.1, 0.15) is 11.4 Å². The fraction of sp³-hybridized carbons (Fsp3) is 0.120. The number of aromatic hydroxyl groups is 1. The molecule has 1 aromatic heterocycles. The lowest BCUT2D eigenvalue weighted by atomic mass is 9.97. The molecule has 0 saturated carbocycles. The molecule has 4 aromatic rings. The minimum atomic E-state index is -0.891. The topological polar surface area (TPSA) is 80.0 Å². The Morgan fingerprint density at radius 3 is 2.58 bits per heavy atom. The molecule has 1 amide bonds. The molecule has 0 spiro atoms. The predicted molar refractivity (Wildman–Crippen MR) is 122 cm³/mol. The van der Waals surface area contributed by atoms with E-state index in [-0.39, 0.29) is 33.8 Å². The molecule has 1 atom stereocenters. The number of anilines is 1. The van der Waals surface area contributed by atoms with Crippen molar-refractivity contribution in [2.75, 3.05) is 11.5 Å². The molecule has 6 nitrogen and oxygen atoms in total. The number of nitrogens with zero attached hydrogens (tertiary/aromatic N) is 1. The second kappa shape index (κ2) is 7.94. The number of hydrogen-bond donors (Lipinski definition) is 1. The van der Waals surface area contributed by atoms with Crippen LogP contribution in [0.25, 0.3) is 11.0 Å². The zero-order chi connectivity index (χ0) is 23.3. The second-order valence-electron chi connectivity index (χ2n) is 7.53. The Kier molecular flexibility index (Phi) is 5.06. The molecule has 0 saturated heterocycles. The maximum absolute atomic E-state index is 13.6. The van der Waals surface area contributed by atoms with Gasteiger partial charge in [0.2, 0.25) is 5.76 Å². The molecule has 0 radical (unpaired) electrons. The zero-order valence-corrected chi connectivity index (χ0v) is 18.1. The molecule has 0 fully saturated rings. The minimum absolute atomic E-state index is 0.0733. The van der Waals surface area contributed by atoms with E-state index in [1.165, 1.54) is 47.4 Å². The number of halogens is 2. The van der Waals surface area contributed by atoms with Gasteiger partial charge in [0.25, 0.3) is 5.91 Å². The smallest absolute Gasteiger partial charge is 0.295 e. The lowest BCUT2D eigenvalue weighted by Crippen LogP contribution is -2.29. The summed E-state index contributed by atoms with van der Waals surface area (Å²) in [5, 5.41) is 10.7. The van der Waals surface area contributed by atoms with E-state index in [4.69, 9.17) is 20.8 Å². The molecule has 1 aliphatic heterocycles. The van der Waals surface area contributed by atoms with Crippen LogP contribution in [0.2, 0.25) is 5.02 Å². The minimum Gasteiger partial charge on any atom is -0.504 e. The van der Waals surface area contributed by atoms with Crippen molar-refractivity contribution >= 4 is 34.2 Å². The van der Waals surface area contributed by atoms with Gasteiger partial charge in [0.15, 0.2) is 16.9 Å². The molecule has 0 unspecified atom stereocenters. The van der Waals surface area contributed by atoms with Crippen molar-refractivity contribution in [3.8, 4) is 11.5 Å². The van der Waals surface area contributed by atoms with Gasteiger partial charge in [-0.15, -0.1) is 0 Å². The normalized spacial score (nSPS) is 15.2. The fourth-order valence-corrected chi connectivity index (χ4v) is 4.27. The summed E-state index contributed by atoms with van der Waals surface area (Å²) in [5.74, 6) is -0.965. The van der Waals surface area contributed by atoms with E-state index in [1.54, 1.807) is 25.1 Å². The Morgan fingerprint density at radius 2 is 1.85 bits per heavy atom. The van der Waals surface area contributed by atoms with E-state index in [9.17, 15) is 19.1 Å². The van der Waals surface area contributed by atoms with Crippen LogP contribution in [0.3, 0.4) is 0 Å². The van der Waals surface area contributed by atoms with Crippen molar-refractivity contribution in [3.63, 3.8) is 0 Å². The number of carbonyl (C=O) groups excluding carboxylic acids is 1. The van der Waals surface area contributed by atoms with E-state index in [2.05, 4.69) is 0 Å². The van der Waals surface area contributed by atoms with E-state index in [0.29, 0.717) is 22.9 Å². The Bertz CT molecular complexity index is 1460. The lowest BCUT2D eigenvalue weighted by molar-refractivity contribution is 0.0971. The standard InChI is InChI=1S/C25H17ClFNO5/c1-2-32-20-11-13(3-9-18(20)29)22-21-23(30)17-12-14(26)4-10-19(17)33-24(21)25(31)28(22)16-7-5-15(27)6-8-16/h3-12,22,29H,2H2,1H3/t22-/m1/s1. The van der Waals surface area contributed by atoms with Crippen molar-refractivity contribution in [1.82, 2.24) is 0 Å². The molecule has 5 rings (SSSR count). The third kappa shape index (κ3) is 3.41. The molecule has 3 aromatic carbocycles. The molecule has 0 aliphatic carbocycles. The fourth-order valence-electron chi connectivity index (χ4n) is 4.10. The van der Waals surface area contributed by atoms with Gasteiger partial charge in [-0.25, -0.2) is 4.39 Å². The summed E-state index contributed by atoms with van der Waals surface area (Å²) in [5.41, 5.74) is 0.860. The molecular formula is C25H17ClFNO5. The molecule has 33 heavy (non-hydrogen) atoms. The Labute approximate surface area is 192 Å². The highest BCUT2D eigenvalue weighted by molar-refractivity contribution is 6.31. The number of carbonyl (C=O) groups is 1. The van der Waals surface area contributed by atoms with Crippen molar-refractivity contribution in [3.05, 3.63) is 98.6 Å². The van der Waals surface area contributed by atoms with Crippen LogP contribution in [-0.2, 0) is 0 Å². The SMILES string of the molecule is CCOc1cc([C@@H]2c3c(oc4ccc(Cl)cc4c3=O)C(=O)N2c2ccc(F)cc2)ccc1O. The number of benzene rings is 3. The van der Waals surface area contributed by atoms with Crippen LogP contribution in [0.4, 0.5) is 10.1 Å². The van der Waals surface area contributed by atoms with Crippen LogP contribution in [0, 0.1) is 5.82 Å². The highest BCUT2D eigenvalue weighted by atomic mass is 35.5. The van der Waals surface area contributed by atoms with Gasteiger partial charge >= 0.3 is 0 Å². The van der Waals surface area contributed by atoms with Gasteiger partial charge < -0.3 is 14.3 Å². The van der Waals surface area contributed by atoms with E-state index in [1.807, 2.05) is 0 Å².